The largest absolute Gasteiger partial charge is 0.478 e. The minimum absolute atomic E-state index is 0.0310. The number of likely N-dealkylation sites (tertiary alicyclic amines) is 1. The number of aryl methyl sites for hydroxylation is 2. The summed E-state index contributed by atoms with van der Waals surface area (Å²) >= 11 is 8.13. The van der Waals surface area contributed by atoms with E-state index in [2.05, 4.69) is 46.4 Å². The fourth-order valence-electron chi connectivity index (χ4n) is 9.77. The van der Waals surface area contributed by atoms with Crippen molar-refractivity contribution in [2.24, 2.45) is 12.5 Å². The van der Waals surface area contributed by atoms with E-state index in [1.165, 1.54) is 16.5 Å². The number of rotatable bonds is 27. The average molecular weight is 1180 g/mol. The van der Waals surface area contributed by atoms with Gasteiger partial charge in [0.15, 0.2) is 18.2 Å². The number of carbonyl (C=O) groups is 4. The lowest BCUT2D eigenvalue weighted by atomic mass is 9.85. The van der Waals surface area contributed by atoms with Gasteiger partial charge in [-0.05, 0) is 67.5 Å². The van der Waals surface area contributed by atoms with Crippen molar-refractivity contribution in [3.05, 3.63) is 98.8 Å². The molecular weight excluding hydrogens is 1110 g/mol. The predicted molar refractivity (Wildman–Crippen MR) is 313 cm³/mol. The van der Waals surface area contributed by atoms with Crippen LogP contribution in [0, 0.1) is 12.3 Å². The Balaban J connectivity index is 0.671. The van der Waals surface area contributed by atoms with E-state index in [1.54, 1.807) is 35.3 Å². The number of anilines is 3. The number of β-amino-alcohol motifs (C(OH)–C–C–N with tert-alkyl or cyclic N) is 1. The highest BCUT2D eigenvalue weighted by molar-refractivity contribution is 7.13. The summed E-state index contributed by atoms with van der Waals surface area (Å²) in [7, 11) is 3.14. The highest BCUT2D eigenvalue weighted by atomic mass is 35.5. The van der Waals surface area contributed by atoms with Gasteiger partial charge in [0.25, 0.3) is 11.5 Å². The van der Waals surface area contributed by atoms with E-state index in [9.17, 15) is 29.1 Å². The Morgan fingerprint density at radius 1 is 0.892 bits per heavy atom. The summed E-state index contributed by atoms with van der Waals surface area (Å²) in [5, 5.41) is 32.1. The Bertz CT molecular complexity index is 3240. The zero-order valence-corrected chi connectivity index (χ0v) is 49.5. The summed E-state index contributed by atoms with van der Waals surface area (Å²) in [5.41, 5.74) is 5.91. The van der Waals surface area contributed by atoms with Gasteiger partial charge in [0.2, 0.25) is 23.7 Å². The maximum absolute atomic E-state index is 14.1. The van der Waals surface area contributed by atoms with Gasteiger partial charge in [-0.25, -0.2) is 14.6 Å². The molecule has 2 aliphatic heterocycles. The highest BCUT2D eigenvalue weighted by Crippen LogP contribution is 2.33. The van der Waals surface area contributed by atoms with Gasteiger partial charge >= 0.3 is 0 Å². The number of aliphatic hydroxyl groups is 1. The Morgan fingerprint density at radius 3 is 2.27 bits per heavy atom. The van der Waals surface area contributed by atoms with E-state index in [1.807, 2.05) is 88.8 Å². The third kappa shape index (κ3) is 16.6. The van der Waals surface area contributed by atoms with Crippen molar-refractivity contribution in [1.29, 1.82) is 0 Å². The Hall–Kier alpha value is -7.13. The maximum Gasteiger partial charge on any atom is 0.293 e. The monoisotopic (exact) mass is 1180 g/mol. The minimum Gasteiger partial charge on any atom is -0.478 e. The Kier molecular flexibility index (Phi) is 21.6. The summed E-state index contributed by atoms with van der Waals surface area (Å²) in [5.74, 6) is -0.426. The van der Waals surface area contributed by atoms with Gasteiger partial charge in [-0.1, -0.05) is 61.9 Å². The lowest BCUT2D eigenvalue weighted by molar-refractivity contribution is -0.144. The number of hydrogen-bond donors (Lipinski definition) is 5. The fraction of sp³-hybridized carbons (Fsp3) is 0.509. The smallest absolute Gasteiger partial charge is 0.293 e. The molecule has 8 rings (SSSR count). The number of nitrogens with zero attached hydrogens (tertiary/aromatic N) is 9. The summed E-state index contributed by atoms with van der Waals surface area (Å²) in [4.78, 5) is 83.5. The lowest BCUT2D eigenvalue weighted by Gasteiger charge is -2.35. The number of aliphatic hydroxyl groups excluding tert-OH is 1. The number of piperidine rings is 1. The molecule has 2 aromatic carbocycles. The molecule has 0 saturated carbocycles. The second-order valence-electron chi connectivity index (χ2n) is 21.5. The highest BCUT2D eigenvalue weighted by Gasteiger charge is 2.45. The van der Waals surface area contributed by atoms with E-state index in [-0.39, 0.29) is 74.5 Å². The number of amides is 4. The molecule has 0 unspecified atom stereocenters. The number of thiazole rings is 1. The number of aromatic nitrogens is 7. The van der Waals surface area contributed by atoms with Gasteiger partial charge in [0.05, 0.1) is 98.4 Å². The topological polar surface area (TPSA) is 281 Å². The van der Waals surface area contributed by atoms with E-state index in [0.717, 1.165) is 40.2 Å². The van der Waals surface area contributed by atoms with Crippen LogP contribution in [0.25, 0.3) is 21.3 Å². The van der Waals surface area contributed by atoms with E-state index in [4.69, 9.17) is 40.3 Å². The van der Waals surface area contributed by atoms with Crippen LogP contribution in [0.2, 0.25) is 5.02 Å². The van der Waals surface area contributed by atoms with Crippen LogP contribution in [0.3, 0.4) is 0 Å². The molecular formula is C57H74ClN13O11S. The summed E-state index contributed by atoms with van der Waals surface area (Å²) in [6.07, 6.45) is 4.38. The standard InChI is InChI=1S/C57H74ClN13O11S/c1-35(37-8-10-39(11-9-37)50-36(2)61-34-83-50)62-53(75)46-28-42(72)30-71(46)55(77)51(57(3,4)5)64-49(74)32-81-25-24-80-23-22-79-21-20-78-19-18-70-31-44(66-67-70)38-14-16-69(17-15-38)56-60-29-43(58)52(65-56)63-41-12-13-45-40(26-41)27-47(54(76)68(45)7)82-33-48(73)59-6/h8-13,26-27,29,31,34-35,38,42,46,51,72H,14-25,28,30,32-33H2,1-7H3,(H,59,73)(H,62,75)(H,64,74)(H,60,63,65)/t35-,42+,46-,51+/m0/s1. The van der Waals surface area contributed by atoms with Gasteiger partial charge in [0, 0.05) is 63.3 Å². The molecule has 83 heavy (non-hydrogen) atoms. The van der Waals surface area contributed by atoms with Crippen molar-refractivity contribution in [2.45, 2.75) is 90.6 Å². The molecule has 2 fully saturated rings. The third-order valence-corrected chi connectivity index (χ3v) is 15.7. The number of likely N-dealkylation sites (N-methyl/N-ethyl adjacent to an activating group) is 1. The van der Waals surface area contributed by atoms with Crippen LogP contribution in [0.1, 0.15) is 75.9 Å². The number of fused-ring (bicyclic) bond motifs is 1. The quantitative estimate of drug-likeness (QED) is 0.0437. The van der Waals surface area contributed by atoms with Crippen LogP contribution >= 0.6 is 22.9 Å². The molecule has 4 aromatic heterocycles. The molecule has 6 heterocycles. The van der Waals surface area contributed by atoms with Crippen LogP contribution in [-0.2, 0) is 51.7 Å². The molecule has 5 N–H and O–H groups in total. The predicted octanol–water partition coefficient (Wildman–Crippen LogP) is 4.69. The van der Waals surface area contributed by atoms with E-state index < -0.39 is 35.4 Å². The first-order chi connectivity index (χ1) is 39.9. The van der Waals surface area contributed by atoms with Gasteiger partial charge in [-0.3, -0.25) is 24.0 Å². The van der Waals surface area contributed by atoms with E-state index in [0.29, 0.717) is 86.0 Å². The minimum atomic E-state index is -0.984. The van der Waals surface area contributed by atoms with Gasteiger partial charge in [-0.2, -0.15) is 4.98 Å². The van der Waals surface area contributed by atoms with Crippen LogP contribution in [0.15, 0.2) is 71.2 Å². The maximum atomic E-state index is 14.1. The second-order valence-corrected chi connectivity index (χ2v) is 22.8. The average Bonchev–Trinajstić information content (AvgIpc) is 4.40. The van der Waals surface area contributed by atoms with Gasteiger partial charge in [0.1, 0.15) is 23.7 Å². The zero-order valence-electron chi connectivity index (χ0n) is 47.9. The molecule has 6 aromatic rings. The Morgan fingerprint density at radius 2 is 1.59 bits per heavy atom. The molecule has 26 heteroatoms. The molecule has 2 aliphatic rings. The molecule has 0 spiro atoms. The molecule has 0 radical (unpaired) electrons. The van der Waals surface area contributed by atoms with Crippen molar-refractivity contribution in [3.63, 3.8) is 0 Å². The van der Waals surface area contributed by atoms with Crippen LogP contribution in [0.4, 0.5) is 17.5 Å². The second kappa shape index (κ2) is 28.9. The first kappa shape index (κ1) is 61.9. The van der Waals surface area contributed by atoms with Gasteiger partial charge in [-0.15, -0.1) is 16.4 Å². The molecule has 446 valence electrons. The third-order valence-electron chi connectivity index (χ3n) is 14.4. The van der Waals surface area contributed by atoms with Crippen molar-refractivity contribution < 1.29 is 48.0 Å². The summed E-state index contributed by atoms with van der Waals surface area (Å²) in [6, 6.07) is 12.8. The van der Waals surface area contributed by atoms with Crippen LogP contribution in [-0.4, -0.2) is 172 Å². The molecule has 4 atom stereocenters. The molecule has 0 aliphatic carbocycles. The number of carbonyl (C=O) groups excluding carboxylic acids is 4. The summed E-state index contributed by atoms with van der Waals surface area (Å²) in [6.45, 7) is 12.9. The number of benzene rings is 2. The molecule has 24 nitrogen and oxygen atoms in total. The lowest BCUT2D eigenvalue weighted by Crippen LogP contribution is -2.58. The SMILES string of the molecule is CNC(=O)COc1cc2cc(Nc3nc(N4CCC(c5cn(CCOCCOCCOCCOCC(=O)N[C@H](C(=O)N6C[C@H](O)C[C@H]6C(=O)N[C@@H](C)c6ccc(-c7scnc7C)cc6)C(C)(C)C)nn5)CC4)ncc3Cl)ccc2n(C)c1=O. The number of pyridine rings is 1. The van der Waals surface area contributed by atoms with Crippen molar-refractivity contribution in [1.82, 2.24) is 55.4 Å². The number of nitrogens with one attached hydrogen (secondary N) is 4. The normalized spacial score (nSPS) is 16.4. The fourth-order valence-corrected chi connectivity index (χ4v) is 10.7. The Labute approximate surface area is 490 Å². The zero-order chi connectivity index (χ0) is 59.2. The van der Waals surface area contributed by atoms with Crippen molar-refractivity contribution >= 4 is 74.9 Å². The molecule has 4 amide bonds. The van der Waals surface area contributed by atoms with Crippen molar-refractivity contribution in [2.75, 3.05) is 96.4 Å². The number of ether oxygens (including phenoxy) is 5. The number of hydrogen-bond acceptors (Lipinski definition) is 19. The molecule has 0 bridgehead atoms. The van der Waals surface area contributed by atoms with Crippen LogP contribution in [0.5, 0.6) is 5.75 Å². The summed E-state index contributed by atoms with van der Waals surface area (Å²) < 4.78 is 31.3. The molecule has 2 saturated heterocycles. The van der Waals surface area contributed by atoms with E-state index >= 15 is 0 Å². The first-order valence-electron chi connectivity index (χ1n) is 27.7. The van der Waals surface area contributed by atoms with Crippen LogP contribution < -0.4 is 36.5 Å². The van der Waals surface area contributed by atoms with Crippen molar-refractivity contribution in [3.8, 4) is 16.2 Å². The first-order valence-corrected chi connectivity index (χ1v) is 28.9. The van der Waals surface area contributed by atoms with Gasteiger partial charge < -0.3 is 64.4 Å². The number of halogens is 1.